The fourth-order valence-electron chi connectivity index (χ4n) is 3.01. The molecular weight excluding hydrogens is 282 g/mol. The molecule has 1 saturated carbocycles. The van der Waals surface area contributed by atoms with E-state index in [4.69, 9.17) is 4.74 Å². The van der Waals surface area contributed by atoms with Crippen LogP contribution in [0.5, 0.6) is 0 Å². The van der Waals surface area contributed by atoms with Gasteiger partial charge in [-0.1, -0.05) is 0 Å². The molecule has 1 aliphatic carbocycles. The molecule has 1 atom stereocenters. The Bertz CT molecular complexity index is 420. The molecule has 1 heterocycles. The van der Waals surface area contributed by atoms with E-state index in [0.29, 0.717) is 6.54 Å². The van der Waals surface area contributed by atoms with Gasteiger partial charge in [0, 0.05) is 32.4 Å². The fourth-order valence-corrected chi connectivity index (χ4v) is 3.01. The molecule has 1 N–H and O–H groups in total. The van der Waals surface area contributed by atoms with E-state index < -0.39 is 11.5 Å². The van der Waals surface area contributed by atoms with Gasteiger partial charge in [0.05, 0.1) is 13.2 Å². The molecule has 2 fully saturated rings. The molecule has 2 aliphatic rings. The van der Waals surface area contributed by atoms with E-state index in [1.54, 1.807) is 11.8 Å². The number of likely N-dealkylation sites (N-methyl/N-ethyl adjacent to an activating group) is 1. The van der Waals surface area contributed by atoms with E-state index in [1.165, 1.54) is 7.05 Å². The third kappa shape index (κ3) is 3.51. The third-order valence-corrected chi connectivity index (χ3v) is 4.36. The molecule has 1 saturated heterocycles. The summed E-state index contributed by atoms with van der Waals surface area (Å²) in [5, 5.41) is 2.52. The Morgan fingerprint density at radius 2 is 1.90 bits per heavy atom. The van der Waals surface area contributed by atoms with E-state index in [2.05, 4.69) is 5.32 Å². The molecule has 0 aromatic heterocycles. The minimum absolute atomic E-state index is 0.135. The Morgan fingerprint density at radius 1 is 1.29 bits per heavy atom. The van der Waals surface area contributed by atoms with Gasteiger partial charge in [-0.15, -0.1) is 0 Å². The number of hydrogen-bond acceptors (Lipinski definition) is 3. The monoisotopic (exact) mass is 304 g/mol. The summed E-state index contributed by atoms with van der Waals surface area (Å²) in [6.45, 7) is 2.48. The van der Waals surface area contributed by atoms with Crippen LogP contribution < -0.4 is 5.32 Å². The van der Waals surface area contributed by atoms with Crippen molar-refractivity contribution in [3.8, 4) is 0 Å². The number of amides is 2. The van der Waals surface area contributed by atoms with Gasteiger partial charge in [-0.05, 0) is 19.8 Å². The number of nitrogens with zero attached hydrogens (tertiary/aromatic N) is 1. The second-order valence-electron chi connectivity index (χ2n) is 6.05. The van der Waals surface area contributed by atoms with E-state index in [-0.39, 0.29) is 56.6 Å². The summed E-state index contributed by atoms with van der Waals surface area (Å²) in [4.78, 5) is 25.9. The maximum Gasteiger partial charge on any atom is 0.253 e. The first-order valence-corrected chi connectivity index (χ1v) is 7.30. The topological polar surface area (TPSA) is 58.6 Å². The van der Waals surface area contributed by atoms with Gasteiger partial charge in [-0.2, -0.15) is 0 Å². The zero-order valence-corrected chi connectivity index (χ0v) is 12.5. The number of carbonyl (C=O) groups excluding carboxylic acids is 2. The lowest BCUT2D eigenvalue weighted by molar-refractivity contribution is -0.165. The Morgan fingerprint density at radius 3 is 2.48 bits per heavy atom. The summed E-state index contributed by atoms with van der Waals surface area (Å²) < 4.78 is 31.8. The van der Waals surface area contributed by atoms with Crippen LogP contribution in [-0.2, 0) is 14.3 Å². The summed E-state index contributed by atoms with van der Waals surface area (Å²) in [5.74, 6) is -3.42. The van der Waals surface area contributed by atoms with Crippen molar-refractivity contribution in [3.05, 3.63) is 0 Å². The molecule has 120 valence electrons. The van der Waals surface area contributed by atoms with Gasteiger partial charge in [0.25, 0.3) is 5.91 Å². The molecule has 0 unspecified atom stereocenters. The van der Waals surface area contributed by atoms with Crippen LogP contribution >= 0.6 is 0 Å². The van der Waals surface area contributed by atoms with Crippen LogP contribution in [0.4, 0.5) is 8.78 Å². The summed E-state index contributed by atoms with van der Waals surface area (Å²) in [6.07, 6.45) is -0.0549. The summed E-state index contributed by atoms with van der Waals surface area (Å²) in [5.41, 5.74) is -1.07. The molecule has 0 bridgehead atoms. The van der Waals surface area contributed by atoms with Crippen LogP contribution in [0.25, 0.3) is 0 Å². The van der Waals surface area contributed by atoms with Crippen molar-refractivity contribution in [2.24, 2.45) is 5.92 Å². The van der Waals surface area contributed by atoms with Crippen molar-refractivity contribution < 1.29 is 23.1 Å². The molecule has 2 rings (SSSR count). The molecule has 0 radical (unpaired) electrons. The van der Waals surface area contributed by atoms with Gasteiger partial charge in [-0.3, -0.25) is 9.59 Å². The van der Waals surface area contributed by atoms with Gasteiger partial charge in [0.15, 0.2) is 5.60 Å². The molecular formula is C14H22F2N2O3. The van der Waals surface area contributed by atoms with Crippen LogP contribution in [0.2, 0.25) is 0 Å². The summed E-state index contributed by atoms with van der Waals surface area (Å²) in [7, 11) is 1.51. The SMILES string of the molecule is CNC(=O)[C@]1(C)CN(C(=O)C2CCC(F)(F)CC2)CCO1. The molecule has 7 heteroatoms. The molecule has 2 amide bonds. The van der Waals surface area contributed by atoms with Gasteiger partial charge in [-0.25, -0.2) is 8.78 Å². The summed E-state index contributed by atoms with van der Waals surface area (Å²) >= 11 is 0. The molecule has 1 aliphatic heterocycles. The second kappa shape index (κ2) is 5.87. The number of rotatable bonds is 2. The Kier molecular flexibility index (Phi) is 4.51. The highest BCUT2D eigenvalue weighted by Crippen LogP contribution is 2.37. The predicted octanol–water partition coefficient (Wildman–Crippen LogP) is 1.18. The average Bonchev–Trinajstić information content (AvgIpc) is 2.45. The van der Waals surface area contributed by atoms with Crippen molar-refractivity contribution in [2.45, 2.75) is 44.1 Å². The standard InChI is InChI=1S/C14H22F2N2O3/c1-13(12(20)17-2)9-18(7-8-21-13)11(19)10-3-5-14(15,16)6-4-10/h10H,3-9H2,1-2H3,(H,17,20)/t13-/m0/s1. The number of nitrogens with one attached hydrogen (secondary N) is 1. The van der Waals surface area contributed by atoms with Crippen LogP contribution in [-0.4, -0.2) is 55.0 Å². The number of hydrogen-bond donors (Lipinski definition) is 1. The normalized spacial score (nSPS) is 30.0. The molecule has 0 spiro atoms. The van der Waals surface area contributed by atoms with Crippen LogP contribution in [0, 0.1) is 5.92 Å². The van der Waals surface area contributed by atoms with Crippen molar-refractivity contribution >= 4 is 11.8 Å². The zero-order chi connectivity index (χ0) is 15.7. The number of alkyl halides is 2. The number of ether oxygens (including phenoxy) is 1. The van der Waals surface area contributed by atoms with Crippen LogP contribution in [0.3, 0.4) is 0 Å². The lowest BCUT2D eigenvalue weighted by atomic mass is 9.85. The fraction of sp³-hybridized carbons (Fsp3) is 0.857. The Labute approximate surface area is 123 Å². The smallest absolute Gasteiger partial charge is 0.253 e. The number of halogens is 2. The average molecular weight is 304 g/mol. The van der Waals surface area contributed by atoms with Crippen molar-refractivity contribution in [3.63, 3.8) is 0 Å². The maximum atomic E-state index is 13.2. The van der Waals surface area contributed by atoms with Crippen LogP contribution in [0.1, 0.15) is 32.6 Å². The zero-order valence-electron chi connectivity index (χ0n) is 12.5. The quantitative estimate of drug-likeness (QED) is 0.833. The first-order chi connectivity index (χ1) is 9.77. The van der Waals surface area contributed by atoms with Crippen LogP contribution in [0.15, 0.2) is 0 Å². The largest absolute Gasteiger partial charge is 0.362 e. The third-order valence-electron chi connectivity index (χ3n) is 4.36. The second-order valence-corrected chi connectivity index (χ2v) is 6.05. The first kappa shape index (κ1) is 16.1. The predicted molar refractivity (Wildman–Crippen MR) is 71.9 cm³/mol. The maximum absolute atomic E-state index is 13.2. The van der Waals surface area contributed by atoms with Gasteiger partial charge in [0.2, 0.25) is 11.8 Å². The van der Waals surface area contributed by atoms with E-state index in [1.807, 2.05) is 0 Å². The minimum Gasteiger partial charge on any atom is -0.362 e. The first-order valence-electron chi connectivity index (χ1n) is 7.30. The Hall–Kier alpha value is -1.24. The summed E-state index contributed by atoms with van der Waals surface area (Å²) in [6, 6.07) is 0. The highest BCUT2D eigenvalue weighted by Gasteiger charge is 2.43. The Balaban J connectivity index is 1.98. The lowest BCUT2D eigenvalue weighted by Crippen LogP contribution is -2.59. The number of morpholine rings is 1. The van der Waals surface area contributed by atoms with Crippen molar-refractivity contribution in [2.75, 3.05) is 26.7 Å². The van der Waals surface area contributed by atoms with Gasteiger partial charge < -0.3 is 15.0 Å². The lowest BCUT2D eigenvalue weighted by Gasteiger charge is -2.41. The minimum atomic E-state index is -2.64. The molecule has 21 heavy (non-hydrogen) atoms. The van der Waals surface area contributed by atoms with Gasteiger partial charge >= 0.3 is 0 Å². The highest BCUT2D eigenvalue weighted by molar-refractivity contribution is 5.86. The van der Waals surface area contributed by atoms with E-state index in [0.717, 1.165) is 0 Å². The van der Waals surface area contributed by atoms with Crippen molar-refractivity contribution in [1.82, 2.24) is 10.2 Å². The van der Waals surface area contributed by atoms with Gasteiger partial charge in [0.1, 0.15) is 0 Å². The van der Waals surface area contributed by atoms with E-state index in [9.17, 15) is 18.4 Å². The van der Waals surface area contributed by atoms with E-state index >= 15 is 0 Å². The molecule has 0 aromatic rings. The van der Waals surface area contributed by atoms with Crippen molar-refractivity contribution in [1.29, 1.82) is 0 Å². The highest BCUT2D eigenvalue weighted by atomic mass is 19.3. The number of carbonyl (C=O) groups is 2. The molecule has 5 nitrogen and oxygen atoms in total. The molecule has 0 aromatic carbocycles.